The van der Waals surface area contributed by atoms with Crippen LogP contribution in [0, 0.1) is 6.92 Å². The average Bonchev–Trinajstić information content (AvgIpc) is 2.61. The molecule has 7 heteroatoms. The van der Waals surface area contributed by atoms with E-state index in [0.717, 1.165) is 17.3 Å². The Bertz CT molecular complexity index is 968. The first kappa shape index (κ1) is 19.7. The summed E-state index contributed by atoms with van der Waals surface area (Å²) in [6.45, 7) is 5.89. The first-order valence-corrected chi connectivity index (χ1v) is 8.88. The number of anilines is 4. The molecule has 0 aliphatic rings. The number of alkyl halides is 3. The Morgan fingerprint density at radius 2 is 1.71 bits per heavy atom. The standard InChI is InChI=1S/C21H21F3N4/c1-13(2)16-9-4-5-10-18(16)27-19-17(21(22,23)24)12-25-20(28-19)26-15-8-6-7-14(3)11-15/h4-13H,1-3H3,(H2,25,26,27,28). The van der Waals surface area contributed by atoms with Crippen LogP contribution >= 0.6 is 0 Å². The molecule has 0 aliphatic carbocycles. The summed E-state index contributed by atoms with van der Waals surface area (Å²) in [4.78, 5) is 7.95. The molecule has 0 amide bonds. The van der Waals surface area contributed by atoms with Gasteiger partial charge in [0.05, 0.1) is 0 Å². The second kappa shape index (κ2) is 7.88. The molecule has 0 atom stereocenters. The lowest BCUT2D eigenvalue weighted by atomic mass is 10.0. The van der Waals surface area contributed by atoms with E-state index in [2.05, 4.69) is 20.6 Å². The van der Waals surface area contributed by atoms with Gasteiger partial charge in [-0.1, -0.05) is 44.2 Å². The van der Waals surface area contributed by atoms with Crippen molar-refractivity contribution in [2.45, 2.75) is 32.9 Å². The second-order valence-corrected chi connectivity index (χ2v) is 6.82. The molecule has 3 rings (SSSR count). The molecule has 1 heterocycles. The topological polar surface area (TPSA) is 49.8 Å². The molecule has 146 valence electrons. The Labute approximate surface area is 161 Å². The van der Waals surface area contributed by atoms with Gasteiger partial charge in [-0.05, 0) is 42.2 Å². The van der Waals surface area contributed by atoms with Crippen molar-refractivity contribution < 1.29 is 13.2 Å². The smallest absolute Gasteiger partial charge is 0.339 e. The second-order valence-electron chi connectivity index (χ2n) is 6.82. The summed E-state index contributed by atoms with van der Waals surface area (Å²) in [5, 5.41) is 5.81. The van der Waals surface area contributed by atoms with Crippen LogP contribution in [0.1, 0.15) is 36.5 Å². The van der Waals surface area contributed by atoms with Crippen molar-refractivity contribution >= 4 is 23.1 Å². The van der Waals surface area contributed by atoms with Crippen LogP contribution < -0.4 is 10.6 Å². The van der Waals surface area contributed by atoms with Crippen LogP contribution in [0.5, 0.6) is 0 Å². The molecule has 0 saturated heterocycles. The number of hydrogen-bond acceptors (Lipinski definition) is 4. The van der Waals surface area contributed by atoms with Gasteiger partial charge in [-0.3, -0.25) is 0 Å². The number of nitrogens with zero attached hydrogens (tertiary/aromatic N) is 2. The summed E-state index contributed by atoms with van der Waals surface area (Å²) < 4.78 is 40.4. The molecule has 0 unspecified atom stereocenters. The van der Waals surface area contributed by atoms with E-state index in [-0.39, 0.29) is 17.7 Å². The van der Waals surface area contributed by atoms with E-state index in [1.54, 1.807) is 18.2 Å². The van der Waals surface area contributed by atoms with Crippen LogP contribution in [0.3, 0.4) is 0 Å². The van der Waals surface area contributed by atoms with E-state index in [0.29, 0.717) is 11.4 Å². The van der Waals surface area contributed by atoms with E-state index >= 15 is 0 Å². The molecule has 2 aromatic carbocycles. The van der Waals surface area contributed by atoms with Crippen molar-refractivity contribution in [2.24, 2.45) is 0 Å². The zero-order valence-electron chi connectivity index (χ0n) is 15.8. The van der Waals surface area contributed by atoms with Crippen molar-refractivity contribution in [3.63, 3.8) is 0 Å². The van der Waals surface area contributed by atoms with Crippen LogP contribution in [-0.2, 0) is 6.18 Å². The van der Waals surface area contributed by atoms with E-state index in [4.69, 9.17) is 0 Å². The van der Waals surface area contributed by atoms with Gasteiger partial charge in [0.15, 0.2) is 0 Å². The fourth-order valence-corrected chi connectivity index (χ4v) is 2.84. The maximum Gasteiger partial charge on any atom is 0.421 e. The normalized spacial score (nSPS) is 11.5. The summed E-state index contributed by atoms with van der Waals surface area (Å²) in [7, 11) is 0. The van der Waals surface area contributed by atoms with E-state index in [1.165, 1.54) is 0 Å². The maximum atomic E-state index is 13.5. The summed E-state index contributed by atoms with van der Waals surface area (Å²) in [6.07, 6.45) is -3.78. The van der Waals surface area contributed by atoms with Crippen LogP contribution in [-0.4, -0.2) is 9.97 Å². The first-order chi connectivity index (χ1) is 13.2. The Morgan fingerprint density at radius 3 is 2.39 bits per heavy atom. The molecule has 2 N–H and O–H groups in total. The highest BCUT2D eigenvalue weighted by Crippen LogP contribution is 2.36. The fraction of sp³-hybridized carbons (Fsp3) is 0.238. The third kappa shape index (κ3) is 4.60. The lowest BCUT2D eigenvalue weighted by Gasteiger charge is -2.18. The Hall–Kier alpha value is -3.09. The number of hydrogen-bond donors (Lipinski definition) is 2. The number of aromatic nitrogens is 2. The number of para-hydroxylation sites is 1. The SMILES string of the molecule is Cc1cccc(Nc2ncc(C(F)(F)F)c(Nc3ccccc3C(C)C)n2)c1. The van der Waals surface area contributed by atoms with Gasteiger partial charge in [0.2, 0.25) is 5.95 Å². The van der Waals surface area contributed by atoms with Crippen molar-refractivity contribution in [1.29, 1.82) is 0 Å². The third-order valence-electron chi connectivity index (χ3n) is 4.20. The van der Waals surface area contributed by atoms with Gasteiger partial charge >= 0.3 is 6.18 Å². The molecular weight excluding hydrogens is 365 g/mol. The van der Waals surface area contributed by atoms with Crippen LogP contribution in [0.15, 0.2) is 54.7 Å². The minimum Gasteiger partial charge on any atom is -0.339 e. The van der Waals surface area contributed by atoms with Crippen LogP contribution in [0.25, 0.3) is 0 Å². The predicted octanol–water partition coefficient (Wildman–Crippen LogP) is 6.41. The Balaban J connectivity index is 2.00. The summed E-state index contributed by atoms with van der Waals surface area (Å²) in [5.41, 5.74) is 2.29. The fourth-order valence-electron chi connectivity index (χ4n) is 2.84. The molecular formula is C21H21F3N4. The summed E-state index contributed by atoms with van der Waals surface area (Å²) >= 11 is 0. The molecule has 0 radical (unpaired) electrons. The number of halogens is 3. The van der Waals surface area contributed by atoms with Gasteiger partial charge in [0.25, 0.3) is 0 Å². The highest BCUT2D eigenvalue weighted by Gasteiger charge is 2.35. The summed E-state index contributed by atoms with van der Waals surface area (Å²) in [6, 6.07) is 14.7. The zero-order valence-corrected chi connectivity index (χ0v) is 15.8. The minimum absolute atomic E-state index is 0.0862. The number of aryl methyl sites for hydroxylation is 1. The molecule has 0 saturated carbocycles. The van der Waals surface area contributed by atoms with E-state index in [1.807, 2.05) is 51.1 Å². The number of nitrogens with one attached hydrogen (secondary N) is 2. The Kier molecular flexibility index (Phi) is 5.53. The van der Waals surface area contributed by atoms with E-state index < -0.39 is 11.7 Å². The molecule has 1 aromatic heterocycles. The van der Waals surface area contributed by atoms with Crippen LogP contribution in [0.4, 0.5) is 36.3 Å². The van der Waals surface area contributed by atoms with Crippen LogP contribution in [0.2, 0.25) is 0 Å². The molecule has 0 spiro atoms. The van der Waals surface area contributed by atoms with Gasteiger partial charge in [-0.15, -0.1) is 0 Å². The first-order valence-electron chi connectivity index (χ1n) is 8.88. The summed E-state index contributed by atoms with van der Waals surface area (Å²) in [5.74, 6) is -0.0568. The lowest BCUT2D eigenvalue weighted by molar-refractivity contribution is -0.137. The molecule has 0 aliphatic heterocycles. The minimum atomic E-state index is -4.57. The predicted molar refractivity (Wildman–Crippen MR) is 105 cm³/mol. The zero-order chi connectivity index (χ0) is 20.3. The quantitative estimate of drug-likeness (QED) is 0.532. The molecule has 28 heavy (non-hydrogen) atoms. The number of rotatable bonds is 5. The van der Waals surface area contributed by atoms with E-state index in [9.17, 15) is 13.2 Å². The monoisotopic (exact) mass is 386 g/mol. The largest absolute Gasteiger partial charge is 0.421 e. The van der Waals surface area contributed by atoms with Crippen molar-refractivity contribution in [3.05, 3.63) is 71.4 Å². The van der Waals surface area contributed by atoms with Gasteiger partial charge < -0.3 is 10.6 Å². The molecule has 4 nitrogen and oxygen atoms in total. The molecule has 0 fully saturated rings. The lowest BCUT2D eigenvalue weighted by Crippen LogP contribution is -2.13. The van der Waals surface area contributed by atoms with Crippen molar-refractivity contribution in [2.75, 3.05) is 10.6 Å². The highest BCUT2D eigenvalue weighted by atomic mass is 19.4. The van der Waals surface area contributed by atoms with Gasteiger partial charge in [0, 0.05) is 17.6 Å². The van der Waals surface area contributed by atoms with Gasteiger partial charge in [-0.2, -0.15) is 18.2 Å². The van der Waals surface area contributed by atoms with Crippen molar-refractivity contribution in [1.82, 2.24) is 9.97 Å². The average molecular weight is 386 g/mol. The maximum absolute atomic E-state index is 13.5. The molecule has 0 bridgehead atoms. The Morgan fingerprint density at radius 1 is 0.964 bits per heavy atom. The third-order valence-corrected chi connectivity index (χ3v) is 4.20. The van der Waals surface area contributed by atoms with Crippen molar-refractivity contribution in [3.8, 4) is 0 Å². The van der Waals surface area contributed by atoms with Gasteiger partial charge in [0.1, 0.15) is 11.4 Å². The highest BCUT2D eigenvalue weighted by molar-refractivity contribution is 5.66. The molecule has 3 aromatic rings. The van der Waals surface area contributed by atoms with Gasteiger partial charge in [-0.25, -0.2) is 4.98 Å². The number of benzene rings is 2.